The molecule has 2 aromatic rings. The second-order valence-electron chi connectivity index (χ2n) is 9.68. The summed E-state index contributed by atoms with van der Waals surface area (Å²) in [6.45, 7) is 4.81. The van der Waals surface area contributed by atoms with Gasteiger partial charge in [0.1, 0.15) is 11.5 Å². The van der Waals surface area contributed by atoms with Crippen molar-refractivity contribution < 1.29 is 48.1 Å². The Morgan fingerprint density at radius 3 is 2.24 bits per heavy atom. The Labute approximate surface area is 240 Å². The van der Waals surface area contributed by atoms with E-state index in [1.54, 1.807) is 18.2 Å². The summed E-state index contributed by atoms with van der Waals surface area (Å²) in [6, 6.07) is 11.8. The van der Waals surface area contributed by atoms with Crippen molar-refractivity contribution in [3.05, 3.63) is 60.7 Å². The summed E-state index contributed by atoms with van der Waals surface area (Å²) in [7, 11) is 1.34. The van der Waals surface area contributed by atoms with E-state index in [1.165, 1.54) is 25.3 Å². The zero-order valence-electron chi connectivity index (χ0n) is 23.4. The maximum absolute atomic E-state index is 12.6. The van der Waals surface area contributed by atoms with E-state index in [-0.39, 0.29) is 40.8 Å². The first kappa shape index (κ1) is 31.6. The number of hydrogen-bond acceptors (Lipinski definition) is 10. The van der Waals surface area contributed by atoms with Crippen LogP contribution in [-0.2, 0) is 24.1 Å². The summed E-state index contributed by atoms with van der Waals surface area (Å²) < 4.78 is 16.2. The fourth-order valence-electron chi connectivity index (χ4n) is 4.38. The molecule has 3 rings (SSSR count). The van der Waals surface area contributed by atoms with Crippen LogP contribution in [0.4, 0.5) is 0 Å². The summed E-state index contributed by atoms with van der Waals surface area (Å²) in [6.07, 6.45) is 8.48. The second-order valence-corrected chi connectivity index (χ2v) is 9.68. The molecule has 0 atom stereocenters. The number of benzene rings is 2. The van der Waals surface area contributed by atoms with Crippen LogP contribution in [0.2, 0.25) is 0 Å². The average molecular weight is 571 g/mol. The molecule has 222 valence electrons. The lowest BCUT2D eigenvalue weighted by Gasteiger charge is -2.26. The predicted molar refractivity (Wildman–Crippen MR) is 149 cm³/mol. The van der Waals surface area contributed by atoms with Gasteiger partial charge < -0.3 is 24.0 Å². The van der Waals surface area contributed by atoms with Crippen molar-refractivity contribution in [1.29, 1.82) is 0 Å². The van der Waals surface area contributed by atoms with Gasteiger partial charge in [0.2, 0.25) is 0 Å². The molecule has 0 spiro atoms. The summed E-state index contributed by atoms with van der Waals surface area (Å²) in [5.74, 6) is 1.25. The number of hydrogen-bond donors (Lipinski definition) is 0. The summed E-state index contributed by atoms with van der Waals surface area (Å²) in [5.41, 5.74) is 0.231. The first-order chi connectivity index (χ1) is 20.0. The Bertz CT molecular complexity index is 1110. The molecule has 1 aliphatic carbocycles. The number of carbonyl (C=O) groups excluding carboxylic acids is 3. The van der Waals surface area contributed by atoms with Crippen LogP contribution in [0, 0.1) is 11.8 Å². The Morgan fingerprint density at radius 2 is 1.56 bits per heavy atom. The Balaban J connectivity index is 1.26. The van der Waals surface area contributed by atoms with E-state index < -0.39 is 0 Å². The van der Waals surface area contributed by atoms with Gasteiger partial charge in [0.25, 0.3) is 0 Å². The van der Waals surface area contributed by atoms with Crippen LogP contribution in [0.25, 0.3) is 0 Å². The minimum absolute atomic E-state index is 0.212. The molecule has 0 amide bonds. The molecular formula is C31H38O10. The monoisotopic (exact) mass is 570 g/mol. The highest BCUT2D eigenvalue weighted by Gasteiger charge is 2.28. The molecule has 1 fully saturated rings. The number of ether oxygens (including phenoxy) is 3. The molecule has 41 heavy (non-hydrogen) atoms. The van der Waals surface area contributed by atoms with Crippen LogP contribution in [0.5, 0.6) is 23.0 Å². The maximum atomic E-state index is 12.6. The van der Waals surface area contributed by atoms with Gasteiger partial charge in [-0.25, -0.2) is 4.79 Å². The van der Waals surface area contributed by atoms with Crippen molar-refractivity contribution in [1.82, 2.24) is 0 Å². The van der Waals surface area contributed by atoms with Crippen molar-refractivity contribution in [2.24, 2.45) is 11.8 Å². The predicted octanol–water partition coefficient (Wildman–Crippen LogP) is 5.83. The number of carbonyl (C=O) groups is 3. The maximum Gasteiger partial charge on any atom is 0.330 e. The van der Waals surface area contributed by atoms with E-state index >= 15 is 0 Å². The van der Waals surface area contributed by atoms with Crippen LogP contribution in [0.3, 0.4) is 0 Å². The molecule has 0 saturated heterocycles. The third-order valence-corrected chi connectivity index (χ3v) is 6.68. The summed E-state index contributed by atoms with van der Waals surface area (Å²) in [5, 5.41) is 0. The minimum atomic E-state index is -0.385. The van der Waals surface area contributed by atoms with Gasteiger partial charge in [-0.15, -0.1) is 0 Å². The molecule has 0 N–H and O–H groups in total. The Morgan fingerprint density at radius 1 is 0.878 bits per heavy atom. The lowest BCUT2D eigenvalue weighted by molar-refractivity contribution is -0.218. The molecule has 10 nitrogen and oxygen atoms in total. The van der Waals surface area contributed by atoms with Crippen molar-refractivity contribution in [3.63, 3.8) is 0 Å². The highest BCUT2D eigenvalue weighted by atomic mass is 17.2. The minimum Gasteiger partial charge on any atom is -0.494 e. The second kappa shape index (κ2) is 17.7. The highest BCUT2D eigenvalue weighted by Crippen LogP contribution is 2.31. The molecule has 10 heteroatoms. The van der Waals surface area contributed by atoms with Gasteiger partial charge in [-0.1, -0.05) is 6.58 Å². The van der Waals surface area contributed by atoms with Crippen LogP contribution in [0.15, 0.2) is 55.1 Å². The summed E-state index contributed by atoms with van der Waals surface area (Å²) >= 11 is 0. The Kier molecular flexibility index (Phi) is 13.7. The zero-order valence-corrected chi connectivity index (χ0v) is 23.4. The molecule has 0 aromatic heterocycles. The topological polar surface area (TPSA) is 116 Å². The first-order valence-electron chi connectivity index (χ1n) is 13.9. The van der Waals surface area contributed by atoms with Gasteiger partial charge in [-0.05, 0) is 99.7 Å². The van der Waals surface area contributed by atoms with Crippen molar-refractivity contribution >= 4 is 18.2 Å². The molecule has 0 unspecified atom stereocenters. The molecule has 2 aromatic carbocycles. The molecular weight excluding hydrogens is 532 g/mol. The average Bonchev–Trinajstić information content (AvgIpc) is 3.00. The van der Waals surface area contributed by atoms with Gasteiger partial charge in [0.05, 0.1) is 38.4 Å². The van der Waals surface area contributed by atoms with Gasteiger partial charge in [-0.3, -0.25) is 9.59 Å². The fourth-order valence-corrected chi connectivity index (χ4v) is 4.38. The lowest BCUT2D eigenvalue weighted by atomic mass is 9.82. The zero-order chi connectivity index (χ0) is 29.3. The highest BCUT2D eigenvalue weighted by molar-refractivity contribution is 5.81. The van der Waals surface area contributed by atoms with Crippen molar-refractivity contribution in [2.75, 3.05) is 26.9 Å². The number of aldehydes is 1. The van der Waals surface area contributed by atoms with Gasteiger partial charge in [0, 0.05) is 6.08 Å². The van der Waals surface area contributed by atoms with Crippen molar-refractivity contribution in [3.8, 4) is 23.0 Å². The smallest absolute Gasteiger partial charge is 0.330 e. The van der Waals surface area contributed by atoms with E-state index in [2.05, 4.69) is 11.5 Å². The fraction of sp³-hybridized carbons (Fsp3) is 0.452. The van der Waals surface area contributed by atoms with Crippen LogP contribution in [0.1, 0.15) is 61.7 Å². The Hall–Kier alpha value is -3.89. The van der Waals surface area contributed by atoms with E-state index in [9.17, 15) is 14.4 Å². The van der Waals surface area contributed by atoms with Crippen molar-refractivity contribution in [2.45, 2.75) is 51.4 Å². The van der Waals surface area contributed by atoms with Crippen LogP contribution >= 0.6 is 0 Å². The van der Waals surface area contributed by atoms with Gasteiger partial charge in [0.15, 0.2) is 17.8 Å². The third kappa shape index (κ3) is 11.3. The normalized spacial score (nSPS) is 16.3. The van der Waals surface area contributed by atoms with Crippen LogP contribution < -0.4 is 19.2 Å². The molecule has 0 bridgehead atoms. The number of unbranched alkanes of at least 4 members (excludes halogenated alkanes) is 3. The third-order valence-electron chi connectivity index (χ3n) is 6.68. The van der Waals surface area contributed by atoms with E-state index in [0.29, 0.717) is 44.7 Å². The molecule has 0 heterocycles. The van der Waals surface area contributed by atoms with Gasteiger partial charge in [-0.2, -0.15) is 9.78 Å². The lowest BCUT2D eigenvalue weighted by Crippen LogP contribution is -2.27. The van der Waals surface area contributed by atoms with Crippen LogP contribution in [-0.4, -0.2) is 45.2 Å². The molecule has 1 saturated carbocycles. The molecule has 1 aliphatic rings. The quantitative estimate of drug-likeness (QED) is 0.0412. The largest absolute Gasteiger partial charge is 0.494 e. The SMILES string of the molecule is C=CC(=O)OCCCCCCOc1ccc(OOCC2CCC(C(=O)Oc3ccc(OOC)c(C=O)c3)CC2)cc1. The van der Waals surface area contributed by atoms with E-state index in [1.807, 2.05) is 12.1 Å². The summed E-state index contributed by atoms with van der Waals surface area (Å²) in [4.78, 5) is 55.2. The molecule has 0 radical (unpaired) electrons. The van der Waals surface area contributed by atoms with E-state index in [4.69, 9.17) is 28.9 Å². The standard InChI is InChI=1S/C31H38O10/c1-3-30(33)37-19-7-5-4-6-18-36-26-12-14-27(15-13-26)40-38-22-23-8-10-24(11-9-23)31(34)39-28-16-17-29(41-35-2)25(20-28)21-32/h3,12-17,20-21,23-24H,1,4-11,18-19,22H2,2H3. The first-order valence-corrected chi connectivity index (χ1v) is 13.9. The molecule has 0 aliphatic heterocycles. The number of rotatable bonds is 18. The van der Waals surface area contributed by atoms with Gasteiger partial charge >= 0.3 is 11.9 Å². The van der Waals surface area contributed by atoms with E-state index in [0.717, 1.165) is 44.3 Å². The number of esters is 2.